The van der Waals surface area contributed by atoms with E-state index in [9.17, 15) is 23.9 Å². The molecule has 0 saturated heterocycles. The quantitative estimate of drug-likeness (QED) is 0.402. The van der Waals surface area contributed by atoms with Crippen molar-refractivity contribution in [2.24, 2.45) is 0 Å². The number of hydrogen-bond acceptors (Lipinski definition) is 4. The van der Waals surface area contributed by atoms with Crippen LogP contribution in [0.1, 0.15) is 46.6 Å². The number of ether oxygens (including phenoxy) is 1. The SMILES string of the molecule is Cc1ccc(C(=O)O)cc1-n1c(C)cc(OCc2ccc(F)cc2CNC(=O)NC(C)C)c(Cl)c1=O. The lowest BCUT2D eigenvalue weighted by Gasteiger charge is -2.17. The molecule has 0 unspecified atom stereocenters. The second-order valence-corrected chi connectivity index (χ2v) is 8.97. The number of hydrogen-bond donors (Lipinski definition) is 3. The van der Waals surface area contributed by atoms with Crippen molar-refractivity contribution < 1.29 is 23.8 Å². The zero-order valence-corrected chi connectivity index (χ0v) is 21.1. The Hall–Kier alpha value is -3.85. The molecule has 0 fully saturated rings. The minimum atomic E-state index is -1.11. The normalized spacial score (nSPS) is 10.9. The van der Waals surface area contributed by atoms with Gasteiger partial charge >= 0.3 is 12.0 Å². The summed E-state index contributed by atoms with van der Waals surface area (Å²) >= 11 is 6.36. The third kappa shape index (κ3) is 6.23. The molecule has 3 N–H and O–H groups in total. The first-order valence-corrected chi connectivity index (χ1v) is 11.6. The second kappa shape index (κ2) is 11.3. The third-order valence-electron chi connectivity index (χ3n) is 5.41. The Morgan fingerprint density at radius 3 is 2.50 bits per heavy atom. The summed E-state index contributed by atoms with van der Waals surface area (Å²) in [6, 6.07) is 9.75. The molecule has 3 aromatic rings. The van der Waals surface area contributed by atoms with Crippen molar-refractivity contribution >= 4 is 23.6 Å². The highest BCUT2D eigenvalue weighted by atomic mass is 35.5. The Morgan fingerprint density at radius 2 is 1.83 bits per heavy atom. The number of benzene rings is 2. The summed E-state index contributed by atoms with van der Waals surface area (Å²) in [7, 11) is 0. The summed E-state index contributed by atoms with van der Waals surface area (Å²) in [5.74, 6) is -1.45. The van der Waals surface area contributed by atoms with Crippen LogP contribution in [-0.4, -0.2) is 27.7 Å². The zero-order chi connectivity index (χ0) is 26.6. The van der Waals surface area contributed by atoms with E-state index in [1.54, 1.807) is 26.0 Å². The van der Waals surface area contributed by atoms with Crippen molar-refractivity contribution in [3.8, 4) is 11.4 Å². The van der Waals surface area contributed by atoms with Crippen LogP contribution in [0.3, 0.4) is 0 Å². The minimum absolute atomic E-state index is 0.0285. The van der Waals surface area contributed by atoms with Crippen LogP contribution in [0.15, 0.2) is 47.3 Å². The molecule has 0 spiro atoms. The summed E-state index contributed by atoms with van der Waals surface area (Å²) in [5, 5.41) is 14.5. The largest absolute Gasteiger partial charge is 0.487 e. The number of pyridine rings is 1. The van der Waals surface area contributed by atoms with Crippen molar-refractivity contribution in [2.45, 2.75) is 46.9 Å². The molecular weight excluding hydrogens is 489 g/mol. The van der Waals surface area contributed by atoms with E-state index >= 15 is 0 Å². The van der Waals surface area contributed by atoms with E-state index in [2.05, 4.69) is 10.6 Å². The van der Waals surface area contributed by atoms with Gasteiger partial charge in [-0.1, -0.05) is 23.7 Å². The standard InChI is InChI=1S/C26H27ClFN3O5/c1-14(2)30-26(35)29-12-19-10-20(28)8-7-18(19)13-36-22-9-16(4)31(24(32)23(22)27)21-11-17(25(33)34)6-5-15(21)3/h5-11,14H,12-13H2,1-4H3,(H,33,34)(H2,29,30,35). The molecule has 8 nitrogen and oxygen atoms in total. The highest BCUT2D eigenvalue weighted by molar-refractivity contribution is 6.31. The van der Waals surface area contributed by atoms with E-state index in [1.807, 2.05) is 13.8 Å². The molecule has 3 rings (SSSR count). The van der Waals surface area contributed by atoms with Crippen LogP contribution in [0, 0.1) is 19.7 Å². The van der Waals surface area contributed by atoms with E-state index in [4.69, 9.17) is 16.3 Å². The molecule has 0 atom stereocenters. The first-order chi connectivity index (χ1) is 17.0. The van der Waals surface area contributed by atoms with Gasteiger partial charge < -0.3 is 20.5 Å². The van der Waals surface area contributed by atoms with Crippen LogP contribution in [0.4, 0.5) is 9.18 Å². The van der Waals surface area contributed by atoms with E-state index in [1.165, 1.54) is 34.9 Å². The second-order valence-electron chi connectivity index (χ2n) is 8.59. The van der Waals surface area contributed by atoms with Gasteiger partial charge in [-0.05, 0) is 68.7 Å². The maximum absolute atomic E-state index is 13.9. The maximum Gasteiger partial charge on any atom is 0.335 e. The minimum Gasteiger partial charge on any atom is -0.487 e. The van der Waals surface area contributed by atoms with Crippen molar-refractivity contribution in [2.75, 3.05) is 0 Å². The van der Waals surface area contributed by atoms with Crippen LogP contribution < -0.4 is 20.9 Å². The Morgan fingerprint density at radius 1 is 1.11 bits per heavy atom. The van der Waals surface area contributed by atoms with E-state index < -0.39 is 17.3 Å². The fourth-order valence-corrected chi connectivity index (χ4v) is 3.81. The van der Waals surface area contributed by atoms with Gasteiger partial charge in [0.2, 0.25) is 0 Å². The Kier molecular flexibility index (Phi) is 8.37. The number of aryl methyl sites for hydroxylation is 2. The number of carbonyl (C=O) groups is 2. The molecule has 0 radical (unpaired) electrons. The summed E-state index contributed by atoms with van der Waals surface area (Å²) in [6.45, 7) is 7.13. The lowest BCUT2D eigenvalue weighted by molar-refractivity contribution is 0.0696. The number of urea groups is 1. The van der Waals surface area contributed by atoms with Gasteiger partial charge in [0.05, 0.1) is 11.3 Å². The van der Waals surface area contributed by atoms with Crippen LogP contribution in [-0.2, 0) is 13.2 Å². The molecule has 0 aliphatic carbocycles. The number of nitrogens with zero attached hydrogens (tertiary/aromatic N) is 1. The molecule has 190 valence electrons. The molecule has 36 heavy (non-hydrogen) atoms. The summed E-state index contributed by atoms with van der Waals surface area (Å²) in [4.78, 5) is 36.5. The fourth-order valence-electron chi connectivity index (χ4n) is 3.61. The number of carbonyl (C=O) groups excluding carboxylic acids is 1. The Labute approximate surface area is 212 Å². The van der Waals surface area contributed by atoms with Crippen LogP contribution in [0.2, 0.25) is 5.02 Å². The van der Waals surface area contributed by atoms with Gasteiger partial charge in [0.15, 0.2) is 0 Å². The Bertz CT molecular complexity index is 1370. The smallest absolute Gasteiger partial charge is 0.335 e. The number of carboxylic acids is 1. The summed E-state index contributed by atoms with van der Waals surface area (Å²) in [5.41, 5.74) is 2.16. The summed E-state index contributed by atoms with van der Waals surface area (Å²) in [6.07, 6.45) is 0. The van der Waals surface area contributed by atoms with Gasteiger partial charge in [0.25, 0.3) is 5.56 Å². The molecule has 0 saturated carbocycles. The van der Waals surface area contributed by atoms with Crippen molar-refractivity contribution in [3.05, 3.63) is 91.6 Å². The van der Waals surface area contributed by atoms with Crippen LogP contribution in [0.25, 0.3) is 5.69 Å². The molecule has 0 aliphatic heterocycles. The molecule has 1 heterocycles. The molecule has 2 aromatic carbocycles. The van der Waals surface area contributed by atoms with Gasteiger partial charge in [0.1, 0.15) is 23.2 Å². The number of rotatable bonds is 8. The van der Waals surface area contributed by atoms with E-state index in [-0.39, 0.29) is 41.6 Å². The third-order valence-corrected chi connectivity index (χ3v) is 5.76. The number of halogens is 2. The first-order valence-electron chi connectivity index (χ1n) is 11.2. The average molecular weight is 516 g/mol. The number of amides is 2. The Balaban J connectivity index is 1.87. The molecule has 2 amide bonds. The number of aromatic nitrogens is 1. The fraction of sp³-hybridized carbons (Fsp3) is 0.269. The van der Waals surface area contributed by atoms with Crippen molar-refractivity contribution in [1.29, 1.82) is 0 Å². The van der Waals surface area contributed by atoms with E-state index in [0.717, 1.165) is 0 Å². The van der Waals surface area contributed by atoms with Gasteiger partial charge in [-0.15, -0.1) is 0 Å². The molecule has 0 bridgehead atoms. The number of aromatic carboxylic acids is 1. The zero-order valence-electron chi connectivity index (χ0n) is 20.3. The van der Waals surface area contributed by atoms with E-state index in [0.29, 0.717) is 28.1 Å². The molecule has 10 heteroatoms. The predicted octanol–water partition coefficient (Wildman–Crippen LogP) is 4.73. The number of nitrogens with one attached hydrogen (secondary N) is 2. The average Bonchev–Trinajstić information content (AvgIpc) is 2.80. The maximum atomic E-state index is 13.9. The van der Waals surface area contributed by atoms with Crippen molar-refractivity contribution in [3.63, 3.8) is 0 Å². The van der Waals surface area contributed by atoms with Gasteiger partial charge in [-0.25, -0.2) is 14.0 Å². The molecule has 1 aromatic heterocycles. The highest BCUT2D eigenvalue weighted by Gasteiger charge is 2.17. The van der Waals surface area contributed by atoms with Gasteiger partial charge in [-0.3, -0.25) is 9.36 Å². The van der Waals surface area contributed by atoms with Gasteiger partial charge in [0, 0.05) is 24.3 Å². The lowest BCUT2D eigenvalue weighted by Crippen LogP contribution is -2.39. The molecular formula is C26H27ClFN3O5. The first kappa shape index (κ1) is 26.7. The molecule has 0 aliphatic rings. The number of carboxylic acid groups (broad SMARTS) is 1. The monoisotopic (exact) mass is 515 g/mol. The van der Waals surface area contributed by atoms with Gasteiger partial charge in [-0.2, -0.15) is 0 Å². The summed E-state index contributed by atoms with van der Waals surface area (Å²) < 4.78 is 21.0. The highest BCUT2D eigenvalue weighted by Crippen LogP contribution is 2.26. The van der Waals surface area contributed by atoms with Crippen LogP contribution >= 0.6 is 11.6 Å². The predicted molar refractivity (Wildman–Crippen MR) is 135 cm³/mol. The topological polar surface area (TPSA) is 110 Å². The lowest BCUT2D eigenvalue weighted by atomic mass is 10.1. The van der Waals surface area contributed by atoms with Crippen molar-refractivity contribution in [1.82, 2.24) is 15.2 Å². The van der Waals surface area contributed by atoms with Crippen LogP contribution in [0.5, 0.6) is 5.75 Å².